The maximum atomic E-state index is 12.4. The minimum Gasteiger partial charge on any atom is -0.382 e. The Hall–Kier alpha value is -1.10. The van der Waals surface area contributed by atoms with E-state index in [2.05, 4.69) is 0 Å². The highest BCUT2D eigenvalue weighted by Gasteiger charge is 2.27. The Bertz CT molecular complexity index is 422. The Morgan fingerprint density at radius 3 is 3.17 bits per heavy atom. The number of benzene rings is 1. The number of amides is 1. The zero-order chi connectivity index (χ0) is 13.0. The van der Waals surface area contributed by atoms with Gasteiger partial charge in [-0.15, -0.1) is 0 Å². The van der Waals surface area contributed by atoms with E-state index in [9.17, 15) is 4.79 Å². The van der Waals surface area contributed by atoms with Crippen LogP contribution in [0.5, 0.6) is 0 Å². The van der Waals surface area contributed by atoms with Crippen molar-refractivity contribution in [3.8, 4) is 0 Å². The molecule has 5 heteroatoms. The Balaban J connectivity index is 2.15. The number of methoxy groups -OCH3 is 1. The topological polar surface area (TPSA) is 38.8 Å². The summed E-state index contributed by atoms with van der Waals surface area (Å²) in [7, 11) is 1.62. The molecule has 1 saturated heterocycles. The van der Waals surface area contributed by atoms with Crippen molar-refractivity contribution in [3.05, 3.63) is 34.9 Å². The number of hydrogen-bond acceptors (Lipinski definition) is 3. The van der Waals surface area contributed by atoms with Gasteiger partial charge in [0.1, 0.15) is 0 Å². The van der Waals surface area contributed by atoms with Crippen molar-refractivity contribution in [1.82, 2.24) is 4.90 Å². The summed E-state index contributed by atoms with van der Waals surface area (Å²) >= 11 is 5.91. The van der Waals surface area contributed by atoms with Gasteiger partial charge in [-0.25, -0.2) is 0 Å². The highest BCUT2D eigenvalue weighted by atomic mass is 35.5. The van der Waals surface area contributed by atoms with Crippen LogP contribution in [-0.4, -0.2) is 50.3 Å². The van der Waals surface area contributed by atoms with Gasteiger partial charge in [0.05, 0.1) is 25.9 Å². The maximum Gasteiger partial charge on any atom is 0.254 e. The molecule has 1 aromatic carbocycles. The lowest BCUT2D eigenvalue weighted by atomic mass is 10.1. The van der Waals surface area contributed by atoms with Crippen molar-refractivity contribution in [2.24, 2.45) is 0 Å². The highest BCUT2D eigenvalue weighted by molar-refractivity contribution is 6.30. The molecule has 0 aliphatic carbocycles. The van der Waals surface area contributed by atoms with Crippen LogP contribution in [0.1, 0.15) is 10.4 Å². The summed E-state index contributed by atoms with van der Waals surface area (Å²) in [6.07, 6.45) is 0. The number of ether oxygens (including phenoxy) is 2. The van der Waals surface area contributed by atoms with Crippen LogP contribution in [0.3, 0.4) is 0 Å². The number of nitrogens with zero attached hydrogens (tertiary/aromatic N) is 1. The zero-order valence-corrected chi connectivity index (χ0v) is 11.0. The molecule has 1 aliphatic heterocycles. The quantitative estimate of drug-likeness (QED) is 0.840. The summed E-state index contributed by atoms with van der Waals surface area (Å²) in [5.41, 5.74) is 0.602. The van der Waals surface area contributed by atoms with Crippen LogP contribution in [-0.2, 0) is 9.47 Å². The molecule has 4 nitrogen and oxygen atoms in total. The molecule has 1 aliphatic rings. The molecule has 0 radical (unpaired) electrons. The fraction of sp³-hybridized carbons (Fsp3) is 0.462. The molecular formula is C13H16ClNO3. The fourth-order valence-corrected chi connectivity index (χ4v) is 2.23. The molecule has 0 N–H and O–H groups in total. The van der Waals surface area contributed by atoms with Gasteiger partial charge in [0.2, 0.25) is 0 Å². The lowest BCUT2D eigenvalue weighted by Gasteiger charge is -2.35. The molecule has 0 aromatic heterocycles. The van der Waals surface area contributed by atoms with Crippen molar-refractivity contribution in [3.63, 3.8) is 0 Å². The molecule has 2 rings (SSSR count). The van der Waals surface area contributed by atoms with E-state index >= 15 is 0 Å². The van der Waals surface area contributed by atoms with Gasteiger partial charge in [0, 0.05) is 24.2 Å². The fourth-order valence-electron chi connectivity index (χ4n) is 2.04. The maximum absolute atomic E-state index is 12.4. The van der Waals surface area contributed by atoms with E-state index in [0.29, 0.717) is 37.0 Å². The third-order valence-electron chi connectivity index (χ3n) is 2.92. The summed E-state index contributed by atoms with van der Waals surface area (Å²) in [6, 6.07) is 6.96. The summed E-state index contributed by atoms with van der Waals surface area (Å²) in [4.78, 5) is 14.2. The van der Waals surface area contributed by atoms with Gasteiger partial charge in [-0.1, -0.05) is 17.7 Å². The molecule has 1 atom stereocenters. The number of rotatable bonds is 3. The molecule has 0 spiro atoms. The minimum atomic E-state index is -0.0322. The van der Waals surface area contributed by atoms with E-state index < -0.39 is 0 Å². The van der Waals surface area contributed by atoms with Crippen molar-refractivity contribution in [1.29, 1.82) is 0 Å². The number of carbonyl (C=O) groups is 1. The van der Waals surface area contributed by atoms with Crippen LogP contribution >= 0.6 is 11.6 Å². The van der Waals surface area contributed by atoms with Gasteiger partial charge in [0.25, 0.3) is 5.91 Å². The second-order valence-electron chi connectivity index (χ2n) is 4.19. The van der Waals surface area contributed by atoms with Gasteiger partial charge < -0.3 is 14.4 Å². The average Bonchev–Trinajstić information content (AvgIpc) is 2.39. The summed E-state index contributed by atoms with van der Waals surface area (Å²) in [6.45, 7) is 2.14. The van der Waals surface area contributed by atoms with Crippen LogP contribution < -0.4 is 0 Å². The molecule has 1 fully saturated rings. The van der Waals surface area contributed by atoms with Crippen molar-refractivity contribution in [2.45, 2.75) is 6.04 Å². The smallest absolute Gasteiger partial charge is 0.254 e. The highest BCUT2D eigenvalue weighted by Crippen LogP contribution is 2.16. The molecule has 1 unspecified atom stereocenters. The monoisotopic (exact) mass is 269 g/mol. The van der Waals surface area contributed by atoms with Gasteiger partial charge in [-0.2, -0.15) is 0 Å². The Morgan fingerprint density at radius 2 is 2.44 bits per heavy atom. The summed E-state index contributed by atoms with van der Waals surface area (Å²) in [5.74, 6) is -0.0251. The lowest BCUT2D eigenvalue weighted by molar-refractivity contribution is -0.0251. The van der Waals surface area contributed by atoms with Crippen LogP contribution in [0.15, 0.2) is 24.3 Å². The van der Waals surface area contributed by atoms with E-state index in [4.69, 9.17) is 21.1 Å². The predicted octanol–water partition coefficient (Wildman–Crippen LogP) is 1.83. The summed E-state index contributed by atoms with van der Waals surface area (Å²) < 4.78 is 10.5. The molecular weight excluding hydrogens is 254 g/mol. The van der Waals surface area contributed by atoms with E-state index in [-0.39, 0.29) is 11.9 Å². The molecule has 1 heterocycles. The number of carbonyl (C=O) groups excluding carboxylic acids is 1. The Labute approximate surface area is 111 Å². The summed E-state index contributed by atoms with van der Waals surface area (Å²) in [5, 5.41) is 0.567. The van der Waals surface area contributed by atoms with Gasteiger partial charge >= 0.3 is 0 Å². The average molecular weight is 270 g/mol. The van der Waals surface area contributed by atoms with Crippen molar-refractivity contribution in [2.75, 3.05) is 33.5 Å². The normalized spacial score (nSPS) is 19.9. The molecule has 0 bridgehead atoms. The standard InChI is InChI=1S/C13H16ClNO3/c1-17-8-12-9-18-6-5-15(12)13(16)10-3-2-4-11(14)7-10/h2-4,7,12H,5-6,8-9H2,1H3. The van der Waals surface area contributed by atoms with Crippen molar-refractivity contribution >= 4 is 17.5 Å². The first-order valence-corrected chi connectivity index (χ1v) is 6.23. The number of hydrogen-bond donors (Lipinski definition) is 0. The first-order valence-electron chi connectivity index (χ1n) is 5.85. The molecule has 1 aromatic rings. The van der Waals surface area contributed by atoms with E-state index in [1.165, 1.54) is 0 Å². The SMILES string of the molecule is COCC1COCCN1C(=O)c1cccc(Cl)c1. The zero-order valence-electron chi connectivity index (χ0n) is 10.3. The lowest BCUT2D eigenvalue weighted by Crippen LogP contribution is -2.50. The van der Waals surface area contributed by atoms with E-state index in [1.807, 2.05) is 0 Å². The first kappa shape index (κ1) is 13.3. The first-order chi connectivity index (χ1) is 8.72. The molecule has 98 valence electrons. The van der Waals surface area contributed by atoms with E-state index in [0.717, 1.165) is 0 Å². The largest absolute Gasteiger partial charge is 0.382 e. The van der Waals surface area contributed by atoms with Crippen molar-refractivity contribution < 1.29 is 14.3 Å². The van der Waals surface area contributed by atoms with Gasteiger partial charge in [0.15, 0.2) is 0 Å². The van der Waals surface area contributed by atoms with E-state index in [1.54, 1.807) is 36.3 Å². The van der Waals surface area contributed by atoms with Crippen LogP contribution in [0.25, 0.3) is 0 Å². The Kier molecular flexibility index (Phi) is 4.58. The molecule has 0 saturated carbocycles. The Morgan fingerprint density at radius 1 is 1.61 bits per heavy atom. The molecule has 1 amide bonds. The second kappa shape index (κ2) is 6.18. The third kappa shape index (κ3) is 3.02. The van der Waals surface area contributed by atoms with Crippen LogP contribution in [0.4, 0.5) is 0 Å². The number of morpholine rings is 1. The van der Waals surface area contributed by atoms with Gasteiger partial charge in [-0.3, -0.25) is 4.79 Å². The second-order valence-corrected chi connectivity index (χ2v) is 4.63. The molecule has 18 heavy (non-hydrogen) atoms. The number of halogens is 1. The minimum absolute atomic E-state index is 0.0251. The predicted molar refractivity (Wildman–Crippen MR) is 69.0 cm³/mol. The van der Waals surface area contributed by atoms with Crippen LogP contribution in [0, 0.1) is 0 Å². The van der Waals surface area contributed by atoms with Crippen LogP contribution in [0.2, 0.25) is 5.02 Å². The third-order valence-corrected chi connectivity index (χ3v) is 3.15. The van der Waals surface area contributed by atoms with Gasteiger partial charge in [-0.05, 0) is 18.2 Å².